The van der Waals surface area contributed by atoms with Crippen LogP contribution >= 0.6 is 24.8 Å². The van der Waals surface area contributed by atoms with Gasteiger partial charge in [-0.3, -0.25) is 9.69 Å². The summed E-state index contributed by atoms with van der Waals surface area (Å²) in [5.41, 5.74) is 1.09. The van der Waals surface area contributed by atoms with Gasteiger partial charge >= 0.3 is 0 Å². The molecular formula is C17H25Cl2N3O2. The van der Waals surface area contributed by atoms with E-state index in [1.54, 1.807) is 0 Å². The molecule has 0 unspecified atom stereocenters. The van der Waals surface area contributed by atoms with Gasteiger partial charge in [-0.2, -0.15) is 0 Å². The zero-order valence-electron chi connectivity index (χ0n) is 13.6. The molecule has 2 saturated heterocycles. The van der Waals surface area contributed by atoms with Gasteiger partial charge in [0.1, 0.15) is 5.75 Å². The number of carbonyl (C=O) groups excluding carboxylic acids is 1. The summed E-state index contributed by atoms with van der Waals surface area (Å²) in [6.45, 7) is 3.56. The molecule has 5 nitrogen and oxygen atoms in total. The molecule has 3 atom stereocenters. The molecule has 3 heterocycles. The molecule has 1 aromatic rings. The van der Waals surface area contributed by atoms with Gasteiger partial charge in [-0.05, 0) is 25.5 Å². The van der Waals surface area contributed by atoms with Crippen molar-refractivity contribution >= 4 is 30.7 Å². The summed E-state index contributed by atoms with van der Waals surface area (Å²) in [6.07, 6.45) is 3.35. The fourth-order valence-corrected chi connectivity index (χ4v) is 3.88. The first-order valence-corrected chi connectivity index (χ1v) is 8.31. The van der Waals surface area contributed by atoms with Gasteiger partial charge in [0.2, 0.25) is 5.91 Å². The quantitative estimate of drug-likeness (QED) is 0.831. The van der Waals surface area contributed by atoms with E-state index < -0.39 is 0 Å². The van der Waals surface area contributed by atoms with Gasteiger partial charge in [-0.15, -0.1) is 24.8 Å². The van der Waals surface area contributed by atoms with Crippen LogP contribution in [-0.2, 0) is 4.79 Å². The fourth-order valence-electron chi connectivity index (χ4n) is 3.88. The topological polar surface area (TPSA) is 53.6 Å². The maximum Gasteiger partial charge on any atom is 0.238 e. The van der Waals surface area contributed by atoms with E-state index in [9.17, 15) is 4.79 Å². The molecule has 1 amide bonds. The number of amides is 1. The number of para-hydroxylation sites is 1. The van der Waals surface area contributed by atoms with Crippen LogP contribution < -0.4 is 15.4 Å². The molecule has 24 heavy (non-hydrogen) atoms. The number of benzene rings is 1. The van der Waals surface area contributed by atoms with Crippen LogP contribution in [-0.4, -0.2) is 49.1 Å². The number of hydrogen-bond acceptors (Lipinski definition) is 4. The average Bonchev–Trinajstić information content (AvgIpc) is 3.02. The lowest BCUT2D eigenvalue weighted by Gasteiger charge is -2.36. The largest absolute Gasteiger partial charge is 0.493 e. The first kappa shape index (κ1) is 19.3. The lowest BCUT2D eigenvalue weighted by Crippen LogP contribution is -2.59. The van der Waals surface area contributed by atoms with E-state index in [2.05, 4.69) is 15.5 Å². The molecule has 1 aromatic carbocycles. The molecule has 0 bridgehead atoms. The molecule has 3 aliphatic rings. The number of rotatable bonds is 2. The summed E-state index contributed by atoms with van der Waals surface area (Å²) in [5, 5.41) is 6.64. The summed E-state index contributed by atoms with van der Waals surface area (Å²) < 4.78 is 5.66. The Morgan fingerprint density at radius 1 is 1.25 bits per heavy atom. The highest BCUT2D eigenvalue weighted by molar-refractivity contribution is 5.85. The predicted molar refractivity (Wildman–Crippen MR) is 98.3 cm³/mol. The van der Waals surface area contributed by atoms with Crippen molar-refractivity contribution in [3.63, 3.8) is 0 Å². The maximum atomic E-state index is 12.6. The minimum Gasteiger partial charge on any atom is -0.493 e. The van der Waals surface area contributed by atoms with E-state index in [0.29, 0.717) is 12.6 Å². The first-order chi connectivity index (χ1) is 10.8. The number of ether oxygens (including phenoxy) is 1. The van der Waals surface area contributed by atoms with Gasteiger partial charge in [0.15, 0.2) is 0 Å². The highest BCUT2D eigenvalue weighted by atomic mass is 35.5. The molecule has 0 saturated carbocycles. The number of fused-ring (bicyclic) bond motifs is 2. The summed E-state index contributed by atoms with van der Waals surface area (Å²) in [7, 11) is 0. The van der Waals surface area contributed by atoms with Crippen molar-refractivity contribution in [1.82, 2.24) is 15.5 Å². The number of hydrogen-bond donors (Lipinski definition) is 2. The van der Waals surface area contributed by atoms with Crippen molar-refractivity contribution in [2.45, 2.75) is 37.4 Å². The molecule has 3 aliphatic heterocycles. The summed E-state index contributed by atoms with van der Waals surface area (Å²) >= 11 is 0. The first-order valence-electron chi connectivity index (χ1n) is 8.31. The SMILES string of the molecule is Cl.Cl.O=C(N[C@@H]1CCOc2ccccc21)[C@@H]1CN2CCC[C@H]2CN1. The van der Waals surface area contributed by atoms with E-state index in [0.717, 1.165) is 37.4 Å². The Labute approximate surface area is 155 Å². The van der Waals surface area contributed by atoms with Crippen LogP contribution in [0.25, 0.3) is 0 Å². The molecule has 0 aromatic heterocycles. The molecule has 2 fully saturated rings. The fraction of sp³-hybridized carbons (Fsp3) is 0.588. The Balaban J connectivity index is 0.00000104. The number of piperazine rings is 1. The van der Waals surface area contributed by atoms with Gasteiger partial charge in [-0.1, -0.05) is 18.2 Å². The summed E-state index contributed by atoms with van der Waals surface area (Å²) in [5.74, 6) is 1.02. The van der Waals surface area contributed by atoms with Gasteiger partial charge in [0, 0.05) is 31.1 Å². The third-order valence-corrected chi connectivity index (χ3v) is 5.11. The minimum absolute atomic E-state index is 0. The second-order valence-electron chi connectivity index (χ2n) is 6.49. The third kappa shape index (κ3) is 3.80. The molecule has 0 aliphatic carbocycles. The van der Waals surface area contributed by atoms with Crippen molar-refractivity contribution in [2.24, 2.45) is 0 Å². The van der Waals surface area contributed by atoms with Crippen molar-refractivity contribution in [2.75, 3.05) is 26.2 Å². The normalized spacial score (nSPS) is 28.4. The van der Waals surface area contributed by atoms with E-state index >= 15 is 0 Å². The molecule has 4 rings (SSSR count). The number of nitrogens with zero attached hydrogens (tertiary/aromatic N) is 1. The van der Waals surface area contributed by atoms with Crippen molar-refractivity contribution in [3.05, 3.63) is 29.8 Å². The van der Waals surface area contributed by atoms with Crippen LogP contribution in [0.1, 0.15) is 30.9 Å². The van der Waals surface area contributed by atoms with Crippen LogP contribution in [0.2, 0.25) is 0 Å². The monoisotopic (exact) mass is 373 g/mol. The van der Waals surface area contributed by atoms with Gasteiger partial charge in [-0.25, -0.2) is 0 Å². The zero-order valence-corrected chi connectivity index (χ0v) is 15.2. The predicted octanol–water partition coefficient (Wildman–Crippen LogP) is 1.91. The molecular weight excluding hydrogens is 349 g/mol. The molecule has 2 N–H and O–H groups in total. The third-order valence-electron chi connectivity index (χ3n) is 5.11. The highest BCUT2D eigenvalue weighted by Crippen LogP contribution is 2.31. The van der Waals surface area contributed by atoms with Crippen molar-refractivity contribution in [1.29, 1.82) is 0 Å². The van der Waals surface area contributed by atoms with Crippen LogP contribution in [0, 0.1) is 0 Å². The Morgan fingerprint density at radius 2 is 2.08 bits per heavy atom. The molecule has 7 heteroatoms. The lowest BCUT2D eigenvalue weighted by atomic mass is 10.00. The van der Waals surface area contributed by atoms with E-state index in [1.807, 2.05) is 24.3 Å². The van der Waals surface area contributed by atoms with Crippen molar-refractivity contribution in [3.8, 4) is 5.75 Å². The molecule has 0 radical (unpaired) electrons. The summed E-state index contributed by atoms with van der Waals surface area (Å²) in [6, 6.07) is 8.60. The number of halogens is 2. The van der Waals surface area contributed by atoms with Gasteiger partial charge in [0.25, 0.3) is 0 Å². The Bertz CT molecular complexity index is 573. The van der Waals surface area contributed by atoms with Crippen LogP contribution in [0.3, 0.4) is 0 Å². The molecule has 134 valence electrons. The van der Waals surface area contributed by atoms with Crippen LogP contribution in [0.5, 0.6) is 5.75 Å². The number of carbonyl (C=O) groups is 1. The highest BCUT2D eigenvalue weighted by Gasteiger charge is 2.35. The van der Waals surface area contributed by atoms with Crippen LogP contribution in [0.15, 0.2) is 24.3 Å². The smallest absolute Gasteiger partial charge is 0.238 e. The molecule has 0 spiro atoms. The average molecular weight is 374 g/mol. The summed E-state index contributed by atoms with van der Waals surface area (Å²) in [4.78, 5) is 15.1. The standard InChI is InChI=1S/C17H23N3O2.2ClH/c21-17(15-11-20-8-3-4-12(20)10-18-15)19-14-7-9-22-16-6-2-1-5-13(14)16;;/h1-2,5-6,12,14-15,18H,3-4,7-11H2,(H,19,21);2*1H/t12-,14+,15-;;/m0../s1. The Hall–Kier alpha value is -1.01. The number of nitrogens with one attached hydrogen (secondary N) is 2. The maximum absolute atomic E-state index is 12.6. The van der Waals surface area contributed by atoms with Crippen LogP contribution in [0.4, 0.5) is 0 Å². The Kier molecular flexibility index (Phi) is 6.75. The second-order valence-corrected chi connectivity index (χ2v) is 6.49. The van der Waals surface area contributed by atoms with Gasteiger partial charge < -0.3 is 15.4 Å². The zero-order chi connectivity index (χ0) is 14.9. The van der Waals surface area contributed by atoms with E-state index in [4.69, 9.17) is 4.74 Å². The van der Waals surface area contributed by atoms with Gasteiger partial charge in [0.05, 0.1) is 18.7 Å². The lowest BCUT2D eigenvalue weighted by molar-refractivity contribution is -0.125. The Morgan fingerprint density at radius 3 is 2.96 bits per heavy atom. The van der Waals surface area contributed by atoms with E-state index in [1.165, 1.54) is 12.8 Å². The minimum atomic E-state index is -0.0932. The van der Waals surface area contributed by atoms with E-state index in [-0.39, 0.29) is 42.8 Å². The second kappa shape index (κ2) is 8.39. The van der Waals surface area contributed by atoms with Crippen molar-refractivity contribution < 1.29 is 9.53 Å².